The maximum absolute atomic E-state index is 10.3. The van der Waals surface area contributed by atoms with Gasteiger partial charge in [-0.3, -0.25) is 9.13 Å². The van der Waals surface area contributed by atoms with Gasteiger partial charge in [-0.2, -0.15) is 0 Å². The lowest BCUT2D eigenvalue weighted by Gasteiger charge is -2.17. The molecule has 0 aliphatic heterocycles. The fourth-order valence-electron chi connectivity index (χ4n) is 6.50. The molecule has 0 atom stereocenters. The molecule has 244 valence electrons. The van der Waals surface area contributed by atoms with E-state index in [1.807, 2.05) is 0 Å². The lowest BCUT2D eigenvalue weighted by molar-refractivity contribution is 1.01. The molecule has 0 amide bonds. The third kappa shape index (κ3) is 4.12. The summed E-state index contributed by atoms with van der Waals surface area (Å²) in [6.45, 7) is 1.29. The molecule has 11 rings (SSSR count). The van der Waals surface area contributed by atoms with Gasteiger partial charge in [0.1, 0.15) is 11.6 Å². The molecule has 0 unspecified atom stereocenters. The number of benzene rings is 7. The predicted molar refractivity (Wildman–Crippen MR) is 217 cm³/mol. The van der Waals surface area contributed by atoms with Crippen molar-refractivity contribution in [3.63, 3.8) is 0 Å². The van der Waals surface area contributed by atoms with Crippen LogP contribution in [0.3, 0.4) is 0 Å². The molecule has 4 heterocycles. The lowest BCUT2D eigenvalue weighted by Crippen LogP contribution is -2.05. The third-order valence-electron chi connectivity index (χ3n) is 8.60. The van der Waals surface area contributed by atoms with Crippen molar-refractivity contribution in [1.82, 2.24) is 18.7 Å². The highest BCUT2D eigenvalue weighted by Crippen LogP contribution is 2.40. The van der Waals surface area contributed by atoms with E-state index in [-0.39, 0.29) is 5.56 Å². The van der Waals surface area contributed by atoms with Gasteiger partial charge in [0.05, 0.1) is 78.5 Å². The zero-order valence-corrected chi connectivity index (χ0v) is 26.3. The van der Waals surface area contributed by atoms with Crippen molar-refractivity contribution in [2.75, 3.05) is 0 Å². The monoisotopic (exact) mass is 693 g/mol. The van der Waals surface area contributed by atoms with E-state index < -0.39 is 269 Å². The SMILES string of the molecule is [2H]c1c([2H])c([2H])c(-n2c3c([2H])c([2H])c([2H])c([2H])c3c3c([2H])c([2H])c([2H])c([2H])c32)c(-c2c([2H])c(-n3c4c([2H])c([2H])c([2H])c([2H])c4c4c([2H])c([2H])c([2H])c([2H])c43)nc(-n3c4c([2H])c([2H])c([2H])c([2H])c4c4c([2H])c(C)c([2H])c([2H])c43)c2[2H])c1[2H]. The Bertz CT molecular complexity index is 4460. The molecule has 4 nitrogen and oxygen atoms in total. The Morgan fingerprint density at radius 1 is 0.385 bits per heavy atom. The number of hydrogen-bond donors (Lipinski definition) is 0. The van der Waals surface area contributed by atoms with Crippen LogP contribution in [0, 0.1) is 6.92 Å². The van der Waals surface area contributed by atoms with Gasteiger partial charge in [0.2, 0.25) is 0 Å². The van der Waals surface area contributed by atoms with E-state index >= 15 is 0 Å². The number of nitrogens with zero attached hydrogens (tertiary/aromatic N) is 4. The first kappa shape index (κ1) is 12.4. The van der Waals surface area contributed by atoms with Crippen LogP contribution in [0.25, 0.3) is 93.9 Å². The summed E-state index contributed by atoms with van der Waals surface area (Å²) < 4.78 is 267. The number of para-hydroxylation sites is 6. The average molecular weight is 694 g/mol. The lowest BCUT2D eigenvalue weighted by atomic mass is 10.0. The van der Waals surface area contributed by atoms with Gasteiger partial charge in [-0.1, -0.05) is 120 Å². The Labute approximate surface area is 340 Å². The first-order valence-corrected chi connectivity index (χ1v) is 15.5. The Morgan fingerprint density at radius 2 is 0.769 bits per heavy atom. The minimum absolute atomic E-state index is 0.151. The van der Waals surface area contributed by atoms with Crippen molar-refractivity contribution in [2.24, 2.45) is 0 Å². The molecule has 0 aliphatic rings. The second kappa shape index (κ2) is 11.0. The Morgan fingerprint density at radius 3 is 1.27 bits per heavy atom. The molecule has 0 fully saturated rings. The highest BCUT2D eigenvalue weighted by atomic mass is 15.1. The van der Waals surface area contributed by atoms with Crippen LogP contribution in [0.5, 0.6) is 0 Å². The van der Waals surface area contributed by atoms with Crippen LogP contribution < -0.4 is 0 Å². The van der Waals surface area contributed by atoms with Crippen molar-refractivity contribution in [2.45, 2.75) is 6.92 Å². The second-order valence-electron chi connectivity index (χ2n) is 11.5. The zero-order valence-electron chi connectivity index (χ0n) is 55.3. The van der Waals surface area contributed by atoms with Crippen molar-refractivity contribution in [3.8, 4) is 28.5 Å². The van der Waals surface area contributed by atoms with Crippen molar-refractivity contribution in [3.05, 3.63) is 181 Å². The summed E-state index contributed by atoms with van der Waals surface area (Å²) in [6, 6.07) is -26.8. The topological polar surface area (TPSA) is 27.7 Å². The van der Waals surface area contributed by atoms with Gasteiger partial charge in [0, 0.05) is 37.9 Å². The third-order valence-corrected chi connectivity index (χ3v) is 8.60. The van der Waals surface area contributed by atoms with Crippen LogP contribution >= 0.6 is 0 Å². The van der Waals surface area contributed by atoms with E-state index in [9.17, 15) is 15.1 Å². The van der Waals surface area contributed by atoms with E-state index in [1.165, 1.54) is 6.92 Å². The molecule has 7 aromatic carbocycles. The summed E-state index contributed by atoms with van der Waals surface area (Å²) in [5, 5.41) is -3.13. The van der Waals surface area contributed by atoms with E-state index in [0.29, 0.717) is 9.13 Å². The largest absolute Gasteiger partial charge is 0.309 e. The summed E-state index contributed by atoms with van der Waals surface area (Å²) in [6.07, 6.45) is 0. The Balaban J connectivity index is 1.51. The van der Waals surface area contributed by atoms with Crippen LogP contribution in [-0.2, 0) is 0 Å². The molecule has 0 spiro atoms. The second-order valence-corrected chi connectivity index (χ2v) is 11.5. The molecule has 52 heavy (non-hydrogen) atoms. The highest BCUT2D eigenvalue weighted by Gasteiger charge is 2.21. The summed E-state index contributed by atoms with van der Waals surface area (Å²) in [4.78, 5) is 4.70. The van der Waals surface area contributed by atoms with Crippen molar-refractivity contribution in [1.29, 1.82) is 0 Å². The summed E-state index contributed by atoms with van der Waals surface area (Å²) in [5.74, 6) is -1.97. The van der Waals surface area contributed by atoms with E-state index in [1.54, 1.807) is 0 Å². The summed E-state index contributed by atoms with van der Waals surface area (Å²) in [7, 11) is 0. The summed E-state index contributed by atoms with van der Waals surface area (Å²) >= 11 is 0. The highest BCUT2D eigenvalue weighted by molar-refractivity contribution is 6.12. The predicted octanol–water partition coefficient (Wildman–Crippen LogP) is 12.3. The Hall–Kier alpha value is -6.91. The molecule has 0 N–H and O–H groups in total. The van der Waals surface area contributed by atoms with Crippen LogP contribution in [-0.4, -0.2) is 18.7 Å². The first-order chi connectivity index (χ1) is 37.8. The molecular formula is C48H32N4. The van der Waals surface area contributed by atoms with Gasteiger partial charge < -0.3 is 4.57 Å². The number of fused-ring (bicyclic) bond motifs is 9. The molecule has 0 saturated carbocycles. The van der Waals surface area contributed by atoms with Gasteiger partial charge in [0.15, 0.2) is 0 Å². The molecule has 0 aliphatic carbocycles. The molecule has 0 radical (unpaired) electrons. The number of pyridine rings is 1. The van der Waals surface area contributed by atoms with Crippen molar-refractivity contribution >= 4 is 65.4 Å². The fourth-order valence-corrected chi connectivity index (χ4v) is 6.50. The van der Waals surface area contributed by atoms with E-state index in [2.05, 4.69) is 0 Å². The molecular weight excluding hydrogens is 633 g/mol. The van der Waals surface area contributed by atoms with Gasteiger partial charge in [0.25, 0.3) is 0 Å². The number of rotatable bonds is 4. The van der Waals surface area contributed by atoms with Gasteiger partial charge in [-0.05, 0) is 72.9 Å². The van der Waals surface area contributed by atoms with Gasteiger partial charge >= 0.3 is 0 Å². The van der Waals surface area contributed by atoms with E-state index in [4.69, 9.17) is 29.7 Å². The molecule has 11 aromatic rings. The van der Waals surface area contributed by atoms with Crippen LogP contribution in [0.4, 0.5) is 0 Å². The maximum atomic E-state index is 10.3. The van der Waals surface area contributed by atoms with Crippen molar-refractivity contribution < 1.29 is 39.8 Å². The van der Waals surface area contributed by atoms with Crippen LogP contribution in [0.1, 0.15) is 45.3 Å². The zero-order chi connectivity index (χ0) is 59.6. The molecule has 4 heteroatoms. The number of hydrogen-bond acceptors (Lipinski definition) is 1. The molecule has 4 aromatic heterocycles. The first-order valence-electron chi connectivity index (χ1n) is 30.0. The molecule has 0 bridgehead atoms. The van der Waals surface area contributed by atoms with Gasteiger partial charge in [-0.15, -0.1) is 0 Å². The normalized spacial score (nSPS) is 19.8. The summed E-state index contributed by atoms with van der Waals surface area (Å²) in [5.41, 5.74) is -7.12. The average Bonchev–Trinajstić information content (AvgIpc) is 2.38. The van der Waals surface area contributed by atoms with Crippen LogP contribution in [0.15, 0.2) is 175 Å². The standard InChI is InChI=1S/C48H32N4/c1-31-26-27-46-39(28-31)38-19-7-13-25-45(38)52(46)48-30-32(29-47(49-48)51-43-23-11-5-17-36(43)37-18-6-12-24-44(37)51)33-14-2-8-20-40(33)50-41-21-9-3-15-34(41)35-16-4-10-22-42(35)50/h2-30H,1H3/i2D,3D,4D,5D,6D,7D,8D,9D,10D,11D,12D,13D,14D,15D,16D,17D,18D,19D,20D,21D,22D,23D,24D,25D,26D,27D,28D,29D,30D. The quantitative estimate of drug-likeness (QED) is 0.180. The fraction of sp³-hybridized carbons (Fsp3) is 0.0208. The minimum Gasteiger partial charge on any atom is -0.309 e. The minimum atomic E-state index is -1.18. The Kier molecular flexibility index (Phi) is 2.63. The molecule has 0 saturated heterocycles. The van der Waals surface area contributed by atoms with E-state index in [0.717, 1.165) is 4.57 Å². The number of aromatic nitrogens is 4. The maximum Gasteiger partial charge on any atom is 0.140 e. The van der Waals surface area contributed by atoms with Gasteiger partial charge in [-0.25, -0.2) is 4.98 Å². The van der Waals surface area contributed by atoms with Crippen LogP contribution in [0.2, 0.25) is 0 Å². The smallest absolute Gasteiger partial charge is 0.140 e.